The molecule has 8 heteroatoms. The highest BCUT2D eigenvalue weighted by atomic mass is 19.1. The number of ketones is 1. The van der Waals surface area contributed by atoms with Gasteiger partial charge in [-0.1, -0.05) is 13.0 Å². The van der Waals surface area contributed by atoms with Gasteiger partial charge in [0.25, 0.3) is 0 Å². The van der Waals surface area contributed by atoms with Crippen LogP contribution in [0.4, 0.5) is 14.5 Å². The molecular weight excluding hydrogens is 426 g/mol. The average molecular weight is 453 g/mol. The van der Waals surface area contributed by atoms with Gasteiger partial charge in [-0.15, -0.1) is 0 Å². The largest absolute Gasteiger partial charge is 0.397 e. The van der Waals surface area contributed by atoms with E-state index in [1.54, 1.807) is 12.4 Å². The SMILES string of the molecule is C[C@@H]1C[C@H](c2ccncc2CC(=O)c2nc(-c3c(F)cccc3F)ccc2N)C[C@H](N)[C@H]1O. The summed E-state index contributed by atoms with van der Waals surface area (Å²) in [4.78, 5) is 21.6. The van der Waals surface area contributed by atoms with Crippen LogP contribution >= 0.6 is 0 Å². The van der Waals surface area contributed by atoms with Crippen LogP contribution in [-0.4, -0.2) is 33.0 Å². The van der Waals surface area contributed by atoms with Crippen molar-refractivity contribution in [3.8, 4) is 11.3 Å². The lowest BCUT2D eigenvalue weighted by atomic mass is 9.74. The van der Waals surface area contributed by atoms with Crippen molar-refractivity contribution in [1.82, 2.24) is 9.97 Å². The van der Waals surface area contributed by atoms with E-state index < -0.39 is 17.7 Å². The van der Waals surface area contributed by atoms with Gasteiger partial charge in [-0.25, -0.2) is 13.8 Å². The van der Waals surface area contributed by atoms with Crippen molar-refractivity contribution < 1.29 is 18.7 Å². The lowest BCUT2D eigenvalue weighted by Gasteiger charge is -2.36. The van der Waals surface area contributed by atoms with E-state index >= 15 is 0 Å². The summed E-state index contributed by atoms with van der Waals surface area (Å²) in [5.41, 5.74) is 13.6. The number of aliphatic hydroxyl groups is 1. The number of hydrogen-bond acceptors (Lipinski definition) is 6. The highest BCUT2D eigenvalue weighted by Gasteiger charge is 2.34. The van der Waals surface area contributed by atoms with Crippen LogP contribution in [0.1, 0.15) is 47.3 Å². The van der Waals surface area contributed by atoms with Crippen LogP contribution in [0.2, 0.25) is 0 Å². The normalized spacial score (nSPS) is 22.8. The minimum Gasteiger partial charge on any atom is -0.397 e. The van der Waals surface area contributed by atoms with E-state index in [9.17, 15) is 18.7 Å². The van der Waals surface area contributed by atoms with Crippen LogP contribution in [0, 0.1) is 17.6 Å². The molecular formula is C25H26F2N4O2. The van der Waals surface area contributed by atoms with Crippen molar-refractivity contribution in [2.75, 3.05) is 5.73 Å². The van der Waals surface area contributed by atoms with Crippen molar-refractivity contribution in [3.63, 3.8) is 0 Å². The Kier molecular flexibility index (Phi) is 6.49. The number of anilines is 1. The second kappa shape index (κ2) is 9.33. The van der Waals surface area contributed by atoms with Crippen LogP contribution in [0.25, 0.3) is 11.3 Å². The molecule has 2 heterocycles. The molecule has 1 aliphatic carbocycles. The van der Waals surface area contributed by atoms with Gasteiger partial charge < -0.3 is 16.6 Å². The predicted octanol–water partition coefficient (Wildman–Crippen LogP) is 3.63. The number of pyridine rings is 2. The van der Waals surface area contributed by atoms with Gasteiger partial charge in [-0.05, 0) is 66.1 Å². The molecule has 3 aromatic rings. The second-order valence-electron chi connectivity index (χ2n) is 8.71. The van der Waals surface area contributed by atoms with Crippen LogP contribution < -0.4 is 11.5 Å². The maximum absolute atomic E-state index is 14.2. The van der Waals surface area contributed by atoms with Gasteiger partial charge in [0.2, 0.25) is 0 Å². The third-order valence-corrected chi connectivity index (χ3v) is 6.38. The summed E-state index contributed by atoms with van der Waals surface area (Å²) in [6, 6.07) is 7.86. The molecule has 5 N–H and O–H groups in total. The smallest absolute Gasteiger partial charge is 0.187 e. The van der Waals surface area contributed by atoms with Gasteiger partial charge in [0, 0.05) is 24.9 Å². The van der Waals surface area contributed by atoms with E-state index in [1.165, 1.54) is 18.2 Å². The van der Waals surface area contributed by atoms with Crippen molar-refractivity contribution in [3.05, 3.63) is 77.2 Å². The molecule has 1 aliphatic rings. The third kappa shape index (κ3) is 4.62. The van der Waals surface area contributed by atoms with Crippen molar-refractivity contribution in [2.45, 2.75) is 44.2 Å². The van der Waals surface area contributed by atoms with E-state index in [1.807, 2.05) is 13.0 Å². The minimum absolute atomic E-state index is 0.00405. The van der Waals surface area contributed by atoms with Gasteiger partial charge in [-0.3, -0.25) is 9.78 Å². The Labute approximate surface area is 190 Å². The molecule has 0 aliphatic heterocycles. The zero-order valence-electron chi connectivity index (χ0n) is 18.2. The first kappa shape index (κ1) is 22.9. The first-order valence-electron chi connectivity index (χ1n) is 10.9. The van der Waals surface area contributed by atoms with Crippen LogP contribution in [0.15, 0.2) is 48.8 Å². The van der Waals surface area contributed by atoms with E-state index in [4.69, 9.17) is 11.5 Å². The van der Waals surface area contributed by atoms with Gasteiger partial charge >= 0.3 is 0 Å². The lowest BCUT2D eigenvalue weighted by Crippen LogP contribution is -2.44. The number of halogens is 2. The Morgan fingerprint density at radius 3 is 2.58 bits per heavy atom. The number of nitrogens with zero attached hydrogens (tertiary/aromatic N) is 2. The van der Waals surface area contributed by atoms with Gasteiger partial charge in [0.05, 0.1) is 23.0 Å². The number of carbonyl (C=O) groups is 1. The molecule has 0 amide bonds. The Bertz CT molecular complexity index is 1150. The average Bonchev–Trinajstić information content (AvgIpc) is 2.78. The topological polar surface area (TPSA) is 115 Å². The minimum atomic E-state index is -0.773. The highest BCUT2D eigenvalue weighted by molar-refractivity contribution is 6.00. The van der Waals surface area contributed by atoms with E-state index in [0.717, 1.165) is 24.1 Å². The first-order valence-corrected chi connectivity index (χ1v) is 10.9. The number of rotatable bonds is 5. The summed E-state index contributed by atoms with van der Waals surface area (Å²) in [6.07, 6.45) is 4.05. The summed E-state index contributed by atoms with van der Waals surface area (Å²) < 4.78 is 28.5. The van der Waals surface area contributed by atoms with E-state index in [-0.39, 0.29) is 52.7 Å². The maximum Gasteiger partial charge on any atom is 0.187 e. The number of Topliss-reactive ketones (excluding diaryl/α,β-unsaturated/α-hetero) is 1. The number of aliphatic hydroxyl groups excluding tert-OH is 1. The summed E-state index contributed by atoms with van der Waals surface area (Å²) in [5.74, 6) is -1.82. The molecule has 1 aromatic carbocycles. The summed E-state index contributed by atoms with van der Waals surface area (Å²) in [5, 5.41) is 10.2. The predicted molar refractivity (Wildman–Crippen MR) is 121 cm³/mol. The van der Waals surface area contributed by atoms with Gasteiger partial charge in [-0.2, -0.15) is 0 Å². The molecule has 2 aromatic heterocycles. The van der Waals surface area contributed by atoms with E-state index in [0.29, 0.717) is 12.0 Å². The second-order valence-corrected chi connectivity index (χ2v) is 8.71. The molecule has 4 atom stereocenters. The Balaban J connectivity index is 1.64. The molecule has 6 nitrogen and oxygen atoms in total. The fourth-order valence-corrected chi connectivity index (χ4v) is 4.64. The molecule has 0 saturated heterocycles. The summed E-state index contributed by atoms with van der Waals surface area (Å²) in [7, 11) is 0. The van der Waals surface area contributed by atoms with Gasteiger partial charge in [0.1, 0.15) is 17.3 Å². The Morgan fingerprint density at radius 1 is 1.15 bits per heavy atom. The number of benzene rings is 1. The van der Waals surface area contributed by atoms with Crippen molar-refractivity contribution in [1.29, 1.82) is 0 Å². The monoisotopic (exact) mass is 452 g/mol. The fraction of sp³-hybridized carbons (Fsp3) is 0.320. The number of hydrogen-bond donors (Lipinski definition) is 3. The lowest BCUT2D eigenvalue weighted by molar-refractivity contribution is 0.0519. The van der Waals surface area contributed by atoms with E-state index in [2.05, 4.69) is 9.97 Å². The third-order valence-electron chi connectivity index (χ3n) is 6.38. The first-order chi connectivity index (χ1) is 15.8. The Morgan fingerprint density at radius 2 is 1.88 bits per heavy atom. The molecule has 0 unspecified atom stereocenters. The van der Waals surface area contributed by atoms with Crippen LogP contribution in [0.3, 0.4) is 0 Å². The summed E-state index contributed by atoms with van der Waals surface area (Å²) >= 11 is 0. The van der Waals surface area contributed by atoms with Crippen LogP contribution in [-0.2, 0) is 6.42 Å². The molecule has 0 bridgehead atoms. The summed E-state index contributed by atoms with van der Waals surface area (Å²) in [6.45, 7) is 1.96. The van der Waals surface area contributed by atoms with Crippen molar-refractivity contribution >= 4 is 11.5 Å². The molecule has 1 saturated carbocycles. The van der Waals surface area contributed by atoms with Crippen molar-refractivity contribution in [2.24, 2.45) is 11.7 Å². The zero-order chi connectivity index (χ0) is 23.7. The molecule has 172 valence electrons. The number of nitrogen functional groups attached to an aromatic ring is 1. The fourth-order valence-electron chi connectivity index (χ4n) is 4.64. The number of aromatic nitrogens is 2. The number of nitrogens with two attached hydrogens (primary N) is 2. The molecule has 0 radical (unpaired) electrons. The molecule has 0 spiro atoms. The quantitative estimate of drug-likeness (QED) is 0.509. The standard InChI is InChI=1S/C25H26F2N4O2/c1-13-9-14(10-20(29)25(13)33)16-7-8-30-12-15(16)11-22(32)24-19(28)5-6-21(31-24)23-17(26)3-2-4-18(23)27/h2-8,12-14,20,25,33H,9-11,28-29H2,1H3/t13-,14+,20+,25+/m1/s1. The Hall–Kier alpha value is -3.23. The van der Waals surface area contributed by atoms with Crippen LogP contribution in [0.5, 0.6) is 0 Å². The molecule has 4 rings (SSSR count). The highest BCUT2D eigenvalue weighted by Crippen LogP contribution is 2.37. The molecule has 33 heavy (non-hydrogen) atoms. The maximum atomic E-state index is 14.2. The molecule has 1 fully saturated rings. The van der Waals surface area contributed by atoms with Gasteiger partial charge in [0.15, 0.2) is 5.78 Å². The zero-order valence-corrected chi connectivity index (χ0v) is 18.2. The number of carbonyl (C=O) groups excluding carboxylic acids is 1.